The van der Waals surface area contributed by atoms with Gasteiger partial charge in [0.05, 0.1) is 11.5 Å². The molecule has 0 aromatic heterocycles. The summed E-state index contributed by atoms with van der Waals surface area (Å²) in [5, 5.41) is 12.6. The van der Waals surface area contributed by atoms with Gasteiger partial charge in [-0.15, -0.1) is 0 Å². The van der Waals surface area contributed by atoms with Gasteiger partial charge in [0.1, 0.15) is 0 Å². The van der Waals surface area contributed by atoms with Crippen molar-refractivity contribution in [3.05, 3.63) is 0 Å². The quantitative estimate of drug-likeness (QED) is 0.672. The van der Waals surface area contributed by atoms with Crippen molar-refractivity contribution in [2.45, 2.75) is 70.0 Å². The van der Waals surface area contributed by atoms with Crippen LogP contribution < -0.4 is 5.32 Å². The van der Waals surface area contributed by atoms with E-state index in [9.17, 15) is 0 Å². The SMILES string of the molecule is CSC1(CNCCCCC(C)(C)C#N)CCCCC1. The van der Waals surface area contributed by atoms with Crippen LogP contribution in [0.2, 0.25) is 0 Å². The van der Waals surface area contributed by atoms with Crippen LogP contribution in [0.4, 0.5) is 0 Å². The molecule has 0 amide bonds. The normalized spacial score (nSPS) is 19.1. The number of unbranched alkanes of at least 4 members (excludes halogenated alkanes) is 1. The van der Waals surface area contributed by atoms with Crippen LogP contribution in [-0.4, -0.2) is 24.1 Å². The van der Waals surface area contributed by atoms with Crippen molar-refractivity contribution in [3.63, 3.8) is 0 Å². The van der Waals surface area contributed by atoms with Crippen molar-refractivity contribution in [1.82, 2.24) is 5.32 Å². The summed E-state index contributed by atoms with van der Waals surface area (Å²) in [5.41, 5.74) is -0.149. The molecule has 1 N–H and O–H groups in total. The van der Waals surface area contributed by atoms with Crippen molar-refractivity contribution in [2.75, 3.05) is 19.3 Å². The molecule has 2 nitrogen and oxygen atoms in total. The molecule has 0 spiro atoms. The second-order valence-electron chi connectivity index (χ2n) is 6.58. The summed E-state index contributed by atoms with van der Waals surface area (Å²) in [4.78, 5) is 0. The fraction of sp³-hybridized carbons (Fsp3) is 0.938. The third-order valence-electron chi connectivity index (χ3n) is 4.35. The van der Waals surface area contributed by atoms with Gasteiger partial charge in [-0.25, -0.2) is 0 Å². The molecule has 0 aromatic carbocycles. The fourth-order valence-corrected chi connectivity index (χ4v) is 3.78. The van der Waals surface area contributed by atoms with Gasteiger partial charge in [0.15, 0.2) is 0 Å². The molecular weight excluding hydrogens is 252 g/mol. The molecule has 0 saturated heterocycles. The molecule has 19 heavy (non-hydrogen) atoms. The molecule has 0 aromatic rings. The van der Waals surface area contributed by atoms with E-state index in [1.807, 2.05) is 13.8 Å². The van der Waals surface area contributed by atoms with E-state index in [1.165, 1.54) is 38.5 Å². The molecule has 0 atom stereocenters. The van der Waals surface area contributed by atoms with Crippen LogP contribution in [0, 0.1) is 16.7 Å². The first-order chi connectivity index (χ1) is 9.04. The Morgan fingerprint density at radius 3 is 2.47 bits per heavy atom. The van der Waals surface area contributed by atoms with Gasteiger partial charge >= 0.3 is 0 Å². The maximum absolute atomic E-state index is 8.96. The van der Waals surface area contributed by atoms with E-state index < -0.39 is 0 Å². The molecule has 1 rings (SSSR count). The summed E-state index contributed by atoms with van der Waals surface area (Å²) < 4.78 is 0.504. The zero-order valence-electron chi connectivity index (χ0n) is 12.9. The maximum atomic E-state index is 8.96. The van der Waals surface area contributed by atoms with Crippen molar-refractivity contribution in [1.29, 1.82) is 5.26 Å². The molecule has 0 unspecified atom stereocenters. The number of nitriles is 1. The number of hydrogen-bond acceptors (Lipinski definition) is 3. The summed E-state index contributed by atoms with van der Waals surface area (Å²) in [6.07, 6.45) is 12.6. The highest BCUT2D eigenvalue weighted by molar-refractivity contribution is 8.00. The lowest BCUT2D eigenvalue weighted by molar-refractivity contribution is 0.373. The Balaban J connectivity index is 2.11. The summed E-state index contributed by atoms with van der Waals surface area (Å²) in [5.74, 6) is 0. The summed E-state index contributed by atoms with van der Waals surface area (Å²) in [6, 6.07) is 2.38. The molecule has 1 aliphatic rings. The standard InChI is InChI=1S/C16H30N2S/c1-15(2,13-17)9-7-8-12-18-14-16(19-3)10-5-4-6-11-16/h18H,4-12,14H2,1-3H3. The van der Waals surface area contributed by atoms with E-state index in [0.29, 0.717) is 4.75 Å². The number of rotatable bonds is 8. The summed E-state index contributed by atoms with van der Waals surface area (Å²) in [6.45, 7) is 6.33. The van der Waals surface area contributed by atoms with E-state index in [2.05, 4.69) is 29.4 Å². The van der Waals surface area contributed by atoms with Gasteiger partial charge in [0.2, 0.25) is 0 Å². The molecule has 1 aliphatic carbocycles. The predicted octanol–water partition coefficient (Wildman–Crippen LogP) is 4.36. The predicted molar refractivity (Wildman–Crippen MR) is 85.4 cm³/mol. The van der Waals surface area contributed by atoms with E-state index >= 15 is 0 Å². The van der Waals surface area contributed by atoms with E-state index in [1.54, 1.807) is 0 Å². The number of thioether (sulfide) groups is 1. The Labute approximate surface area is 123 Å². The first-order valence-corrected chi connectivity index (χ1v) is 8.93. The van der Waals surface area contributed by atoms with Crippen LogP contribution in [0.15, 0.2) is 0 Å². The van der Waals surface area contributed by atoms with Crippen molar-refractivity contribution < 1.29 is 0 Å². The van der Waals surface area contributed by atoms with Gasteiger partial charge in [0.25, 0.3) is 0 Å². The number of hydrogen-bond donors (Lipinski definition) is 1. The lowest BCUT2D eigenvalue weighted by atomic mass is 9.88. The van der Waals surface area contributed by atoms with Crippen molar-refractivity contribution in [3.8, 4) is 6.07 Å². The summed E-state index contributed by atoms with van der Waals surface area (Å²) >= 11 is 2.06. The second-order valence-corrected chi connectivity index (χ2v) is 7.85. The molecule has 0 heterocycles. The smallest absolute Gasteiger partial charge is 0.0683 e. The third-order valence-corrected chi connectivity index (χ3v) is 5.77. The minimum atomic E-state index is -0.149. The van der Waals surface area contributed by atoms with Crippen LogP contribution >= 0.6 is 11.8 Å². The number of nitrogens with zero attached hydrogens (tertiary/aromatic N) is 1. The zero-order chi connectivity index (χ0) is 14.2. The first-order valence-electron chi connectivity index (χ1n) is 7.71. The topological polar surface area (TPSA) is 35.8 Å². The van der Waals surface area contributed by atoms with Crippen molar-refractivity contribution in [2.24, 2.45) is 5.41 Å². The average molecular weight is 282 g/mol. The van der Waals surface area contributed by atoms with Gasteiger partial charge in [-0.05, 0) is 52.3 Å². The Kier molecular flexibility index (Phi) is 7.25. The molecular formula is C16H30N2S. The zero-order valence-corrected chi connectivity index (χ0v) is 13.7. The lowest BCUT2D eigenvalue weighted by Gasteiger charge is -2.36. The maximum Gasteiger partial charge on any atom is 0.0683 e. The van der Waals surface area contributed by atoms with E-state index in [-0.39, 0.29) is 5.41 Å². The Morgan fingerprint density at radius 1 is 1.21 bits per heavy atom. The van der Waals surface area contributed by atoms with E-state index in [4.69, 9.17) is 5.26 Å². The minimum absolute atomic E-state index is 0.149. The van der Waals surface area contributed by atoms with Crippen molar-refractivity contribution >= 4 is 11.8 Å². The highest BCUT2D eigenvalue weighted by Crippen LogP contribution is 2.37. The molecule has 110 valence electrons. The Morgan fingerprint density at radius 2 is 1.89 bits per heavy atom. The number of nitrogens with one attached hydrogen (secondary N) is 1. The third kappa shape index (κ3) is 6.19. The highest BCUT2D eigenvalue weighted by atomic mass is 32.2. The molecule has 0 bridgehead atoms. The average Bonchev–Trinajstić information content (AvgIpc) is 2.43. The van der Waals surface area contributed by atoms with Gasteiger partial charge in [0, 0.05) is 11.3 Å². The van der Waals surface area contributed by atoms with Gasteiger partial charge < -0.3 is 5.32 Å². The van der Waals surface area contributed by atoms with Crippen LogP contribution in [0.25, 0.3) is 0 Å². The van der Waals surface area contributed by atoms with Gasteiger partial charge in [-0.1, -0.05) is 25.7 Å². The van der Waals surface area contributed by atoms with Crippen LogP contribution in [0.3, 0.4) is 0 Å². The highest BCUT2D eigenvalue weighted by Gasteiger charge is 2.30. The Hall–Kier alpha value is -0.200. The van der Waals surface area contributed by atoms with E-state index in [0.717, 1.165) is 25.9 Å². The summed E-state index contributed by atoms with van der Waals surface area (Å²) in [7, 11) is 0. The van der Waals surface area contributed by atoms with Gasteiger partial charge in [-0.3, -0.25) is 0 Å². The largest absolute Gasteiger partial charge is 0.315 e. The molecule has 0 radical (unpaired) electrons. The molecule has 0 aliphatic heterocycles. The van der Waals surface area contributed by atoms with Crippen LogP contribution in [0.1, 0.15) is 65.2 Å². The minimum Gasteiger partial charge on any atom is -0.315 e. The Bertz CT molecular complexity index is 288. The molecule has 3 heteroatoms. The second kappa shape index (κ2) is 8.17. The van der Waals surface area contributed by atoms with Gasteiger partial charge in [-0.2, -0.15) is 17.0 Å². The lowest BCUT2D eigenvalue weighted by Crippen LogP contribution is -2.39. The van der Waals surface area contributed by atoms with Crippen LogP contribution in [0.5, 0.6) is 0 Å². The molecule has 1 saturated carbocycles. The monoisotopic (exact) mass is 282 g/mol. The van der Waals surface area contributed by atoms with Crippen LogP contribution in [-0.2, 0) is 0 Å². The molecule has 1 fully saturated rings. The fourth-order valence-electron chi connectivity index (χ4n) is 2.84. The first kappa shape index (κ1) is 16.9.